The predicted molar refractivity (Wildman–Crippen MR) is 107 cm³/mol. The first kappa shape index (κ1) is 19.0. The van der Waals surface area contributed by atoms with Crippen LogP contribution in [0.4, 0.5) is 0 Å². The number of thiol groups is 1. The van der Waals surface area contributed by atoms with E-state index in [0.29, 0.717) is 11.5 Å². The number of rotatable bonds is 6. The van der Waals surface area contributed by atoms with Crippen molar-refractivity contribution in [2.45, 2.75) is 24.2 Å². The Morgan fingerprint density at radius 3 is 1.48 bits per heavy atom. The van der Waals surface area contributed by atoms with E-state index in [4.69, 9.17) is 9.47 Å². The van der Waals surface area contributed by atoms with Gasteiger partial charge in [-0.25, -0.2) is 8.42 Å². The maximum atomic E-state index is 10.9. The summed E-state index contributed by atoms with van der Waals surface area (Å²) in [5.74, 6) is 2.13. The third kappa shape index (κ3) is 4.31. The van der Waals surface area contributed by atoms with Crippen molar-refractivity contribution in [3.63, 3.8) is 0 Å². The highest BCUT2D eigenvalue weighted by Crippen LogP contribution is 2.34. The fourth-order valence-electron chi connectivity index (χ4n) is 2.89. The molecule has 0 aliphatic rings. The lowest BCUT2D eigenvalue weighted by atomic mass is 9.78. The van der Waals surface area contributed by atoms with Gasteiger partial charge >= 0.3 is 0 Å². The molecule has 0 N–H and O–H groups in total. The van der Waals surface area contributed by atoms with Gasteiger partial charge in [-0.3, -0.25) is 0 Å². The molecule has 0 spiro atoms. The van der Waals surface area contributed by atoms with Crippen LogP contribution < -0.4 is 9.47 Å². The number of methoxy groups -OCH3 is 1. The van der Waals surface area contributed by atoms with E-state index in [9.17, 15) is 8.42 Å². The largest absolute Gasteiger partial charge is 0.497 e. The van der Waals surface area contributed by atoms with Crippen LogP contribution in [0.5, 0.6) is 17.2 Å². The van der Waals surface area contributed by atoms with Gasteiger partial charge in [0.05, 0.1) is 12.0 Å². The standard InChI is InChI=1S/C22H22O4S/c1-22(2,16-4-8-18(25-3)9-5-16)17-6-10-19(11-7-17)26-20-12-14-21(15-13-20)27(23)24/h4-15,27H,1-3H3. The lowest BCUT2D eigenvalue weighted by Gasteiger charge is -2.26. The molecule has 27 heavy (non-hydrogen) atoms. The third-order valence-corrected chi connectivity index (χ3v) is 5.39. The molecule has 0 heterocycles. The van der Waals surface area contributed by atoms with Crippen LogP contribution in [0.1, 0.15) is 25.0 Å². The summed E-state index contributed by atoms with van der Waals surface area (Å²) in [6.45, 7) is 4.35. The topological polar surface area (TPSA) is 52.6 Å². The van der Waals surface area contributed by atoms with E-state index in [1.807, 2.05) is 36.4 Å². The molecule has 5 heteroatoms. The normalized spacial score (nSPS) is 11.4. The second kappa shape index (κ2) is 7.84. The van der Waals surface area contributed by atoms with Gasteiger partial charge < -0.3 is 9.47 Å². The zero-order valence-corrected chi connectivity index (χ0v) is 16.4. The lowest BCUT2D eigenvalue weighted by molar-refractivity contribution is 0.414. The van der Waals surface area contributed by atoms with E-state index in [0.717, 1.165) is 5.75 Å². The highest BCUT2D eigenvalue weighted by Gasteiger charge is 2.23. The van der Waals surface area contributed by atoms with Crippen molar-refractivity contribution in [1.29, 1.82) is 0 Å². The molecule has 0 atom stereocenters. The molecule has 0 radical (unpaired) electrons. The van der Waals surface area contributed by atoms with Gasteiger partial charge in [-0.05, 0) is 59.7 Å². The molecule has 4 nitrogen and oxygen atoms in total. The minimum Gasteiger partial charge on any atom is -0.497 e. The summed E-state index contributed by atoms with van der Waals surface area (Å²) < 4.78 is 32.9. The van der Waals surface area contributed by atoms with Gasteiger partial charge in [0.15, 0.2) is 10.7 Å². The van der Waals surface area contributed by atoms with E-state index in [1.165, 1.54) is 23.3 Å². The molecule has 3 aromatic rings. The molecule has 0 aliphatic heterocycles. The zero-order chi connectivity index (χ0) is 19.4. The van der Waals surface area contributed by atoms with Gasteiger partial charge in [0.25, 0.3) is 0 Å². The highest BCUT2D eigenvalue weighted by atomic mass is 32.2. The van der Waals surface area contributed by atoms with E-state index < -0.39 is 10.7 Å². The Hall–Kier alpha value is -2.79. The SMILES string of the molecule is COc1ccc(C(C)(C)c2ccc(Oc3ccc([SH](=O)=O)cc3)cc2)cc1. The van der Waals surface area contributed by atoms with Crippen LogP contribution in [-0.2, 0) is 16.1 Å². The van der Waals surface area contributed by atoms with E-state index >= 15 is 0 Å². The number of hydrogen-bond acceptors (Lipinski definition) is 4. The Morgan fingerprint density at radius 2 is 1.07 bits per heavy atom. The molecule has 0 aromatic heterocycles. The molecule has 0 bridgehead atoms. The van der Waals surface area contributed by atoms with Gasteiger partial charge in [-0.1, -0.05) is 38.1 Å². The molecule has 3 rings (SSSR count). The quantitative estimate of drug-likeness (QED) is 0.623. The number of ether oxygens (including phenoxy) is 2. The summed E-state index contributed by atoms with van der Waals surface area (Å²) in [7, 11) is -0.914. The molecule has 0 saturated heterocycles. The summed E-state index contributed by atoms with van der Waals surface area (Å²) in [6, 6.07) is 22.4. The van der Waals surface area contributed by atoms with Crippen LogP contribution in [0.15, 0.2) is 77.7 Å². The summed E-state index contributed by atoms with van der Waals surface area (Å²) in [5, 5.41) is 0. The molecule has 3 aromatic carbocycles. The van der Waals surface area contributed by atoms with E-state index in [-0.39, 0.29) is 10.3 Å². The summed E-state index contributed by atoms with van der Waals surface area (Å²) in [6.07, 6.45) is 0. The van der Waals surface area contributed by atoms with Crippen LogP contribution in [0.25, 0.3) is 0 Å². The van der Waals surface area contributed by atoms with Crippen LogP contribution in [0, 0.1) is 0 Å². The van der Waals surface area contributed by atoms with Crippen LogP contribution in [0.3, 0.4) is 0 Å². The second-order valence-corrected chi connectivity index (χ2v) is 7.76. The summed E-state index contributed by atoms with van der Waals surface area (Å²) in [4.78, 5) is 0.272. The first-order valence-electron chi connectivity index (χ1n) is 8.57. The smallest absolute Gasteiger partial charge is 0.168 e. The monoisotopic (exact) mass is 382 g/mol. The average molecular weight is 382 g/mol. The molecule has 0 aliphatic carbocycles. The predicted octanol–water partition coefficient (Wildman–Crippen LogP) is 4.78. The Bertz CT molecular complexity index is 962. The maximum Gasteiger partial charge on any atom is 0.168 e. The third-order valence-electron chi connectivity index (χ3n) is 4.67. The van der Waals surface area contributed by atoms with Crippen molar-refractivity contribution in [3.05, 3.63) is 83.9 Å². The maximum absolute atomic E-state index is 10.9. The van der Waals surface area contributed by atoms with Gasteiger partial charge in [-0.2, -0.15) is 0 Å². The Kier molecular flexibility index (Phi) is 5.51. The van der Waals surface area contributed by atoms with Crippen molar-refractivity contribution in [2.75, 3.05) is 7.11 Å². The van der Waals surface area contributed by atoms with E-state index in [2.05, 4.69) is 26.0 Å². The fraction of sp³-hybridized carbons (Fsp3) is 0.182. The van der Waals surface area contributed by atoms with Gasteiger partial charge in [0.2, 0.25) is 0 Å². The first-order chi connectivity index (χ1) is 12.9. The minimum atomic E-state index is -2.57. The fourth-order valence-corrected chi connectivity index (χ4v) is 3.28. The summed E-state index contributed by atoms with van der Waals surface area (Å²) in [5.41, 5.74) is 2.20. The van der Waals surface area contributed by atoms with Crippen molar-refractivity contribution >= 4 is 10.7 Å². The van der Waals surface area contributed by atoms with Crippen molar-refractivity contribution in [3.8, 4) is 17.2 Å². The Morgan fingerprint density at radius 1 is 0.667 bits per heavy atom. The van der Waals surface area contributed by atoms with Crippen molar-refractivity contribution in [1.82, 2.24) is 0 Å². The van der Waals surface area contributed by atoms with Crippen LogP contribution in [0.2, 0.25) is 0 Å². The molecule has 0 saturated carbocycles. The number of benzene rings is 3. The molecular formula is C22H22O4S. The molecule has 140 valence electrons. The van der Waals surface area contributed by atoms with Crippen LogP contribution >= 0.6 is 0 Å². The highest BCUT2D eigenvalue weighted by molar-refractivity contribution is 7.72. The molecule has 0 unspecified atom stereocenters. The van der Waals surface area contributed by atoms with E-state index in [1.54, 1.807) is 19.2 Å². The minimum absolute atomic E-state index is 0.161. The van der Waals surface area contributed by atoms with Crippen molar-refractivity contribution < 1.29 is 17.9 Å². The molecule has 0 amide bonds. The van der Waals surface area contributed by atoms with Gasteiger partial charge in [0, 0.05) is 5.41 Å². The zero-order valence-electron chi connectivity index (χ0n) is 15.5. The first-order valence-corrected chi connectivity index (χ1v) is 9.75. The molecular weight excluding hydrogens is 360 g/mol. The lowest BCUT2D eigenvalue weighted by Crippen LogP contribution is -2.18. The molecule has 0 fully saturated rings. The van der Waals surface area contributed by atoms with Gasteiger partial charge in [0.1, 0.15) is 17.2 Å². The Labute approximate surface area is 161 Å². The average Bonchev–Trinajstić information content (AvgIpc) is 2.69. The second-order valence-electron chi connectivity index (χ2n) is 6.73. The summed E-state index contributed by atoms with van der Waals surface area (Å²) >= 11 is 0. The number of hydrogen-bond donors (Lipinski definition) is 1. The van der Waals surface area contributed by atoms with Gasteiger partial charge in [-0.15, -0.1) is 0 Å². The van der Waals surface area contributed by atoms with Crippen molar-refractivity contribution in [2.24, 2.45) is 0 Å². The Balaban J connectivity index is 1.77. The van der Waals surface area contributed by atoms with Crippen LogP contribution in [-0.4, -0.2) is 15.5 Å².